The van der Waals surface area contributed by atoms with Gasteiger partial charge in [-0.25, -0.2) is 4.99 Å². The first-order chi connectivity index (χ1) is 9.15. The SMILES string of the molecule is CCNC(=NCc1cccc(Cl)c1)NCC(C)CO. The van der Waals surface area contributed by atoms with Crippen molar-refractivity contribution in [2.24, 2.45) is 10.9 Å². The fourth-order valence-electron chi connectivity index (χ4n) is 1.48. The highest BCUT2D eigenvalue weighted by Crippen LogP contribution is 2.11. The van der Waals surface area contributed by atoms with Gasteiger partial charge in [0, 0.05) is 24.7 Å². The lowest BCUT2D eigenvalue weighted by Crippen LogP contribution is -2.39. The third-order valence-corrected chi connectivity index (χ3v) is 2.82. The minimum Gasteiger partial charge on any atom is -0.396 e. The molecule has 0 aliphatic heterocycles. The Bertz CT molecular complexity index is 409. The lowest BCUT2D eigenvalue weighted by molar-refractivity contribution is 0.238. The molecule has 1 unspecified atom stereocenters. The van der Waals surface area contributed by atoms with Crippen molar-refractivity contribution in [2.75, 3.05) is 19.7 Å². The van der Waals surface area contributed by atoms with Crippen LogP contribution in [0.5, 0.6) is 0 Å². The number of halogens is 1. The van der Waals surface area contributed by atoms with Gasteiger partial charge in [0.05, 0.1) is 6.54 Å². The second-order valence-corrected chi connectivity index (χ2v) is 4.93. The molecule has 0 heterocycles. The number of aliphatic hydroxyl groups excluding tert-OH is 1. The number of guanidine groups is 1. The van der Waals surface area contributed by atoms with Crippen molar-refractivity contribution in [3.05, 3.63) is 34.9 Å². The third kappa shape index (κ3) is 6.45. The zero-order chi connectivity index (χ0) is 14.1. The zero-order valence-electron chi connectivity index (χ0n) is 11.5. The summed E-state index contributed by atoms with van der Waals surface area (Å²) in [5.74, 6) is 0.956. The van der Waals surface area contributed by atoms with E-state index in [1.165, 1.54) is 0 Å². The monoisotopic (exact) mass is 283 g/mol. The Morgan fingerprint density at radius 3 is 2.84 bits per heavy atom. The van der Waals surface area contributed by atoms with Crippen molar-refractivity contribution in [2.45, 2.75) is 20.4 Å². The highest BCUT2D eigenvalue weighted by Gasteiger charge is 2.02. The van der Waals surface area contributed by atoms with E-state index in [9.17, 15) is 0 Å². The Labute approximate surface area is 119 Å². The largest absolute Gasteiger partial charge is 0.396 e. The summed E-state index contributed by atoms with van der Waals surface area (Å²) in [6.07, 6.45) is 0. The summed E-state index contributed by atoms with van der Waals surface area (Å²) in [6, 6.07) is 7.67. The quantitative estimate of drug-likeness (QED) is 0.553. The van der Waals surface area contributed by atoms with E-state index in [1.54, 1.807) is 0 Å². The Balaban J connectivity index is 2.57. The number of aliphatic imine (C=N–C) groups is 1. The Kier molecular flexibility index (Phi) is 7.30. The van der Waals surface area contributed by atoms with Crippen LogP contribution in [0.3, 0.4) is 0 Å². The Morgan fingerprint density at radius 1 is 1.42 bits per heavy atom. The summed E-state index contributed by atoms with van der Waals surface area (Å²) in [6.45, 7) is 6.23. The number of rotatable bonds is 6. The zero-order valence-corrected chi connectivity index (χ0v) is 12.2. The molecule has 3 N–H and O–H groups in total. The fraction of sp³-hybridized carbons (Fsp3) is 0.500. The van der Waals surface area contributed by atoms with Gasteiger partial charge < -0.3 is 15.7 Å². The van der Waals surface area contributed by atoms with Gasteiger partial charge >= 0.3 is 0 Å². The number of nitrogens with one attached hydrogen (secondary N) is 2. The molecule has 0 aromatic heterocycles. The minimum absolute atomic E-state index is 0.167. The van der Waals surface area contributed by atoms with Gasteiger partial charge in [-0.1, -0.05) is 30.7 Å². The molecule has 1 aromatic carbocycles. The lowest BCUT2D eigenvalue weighted by Gasteiger charge is -2.14. The van der Waals surface area contributed by atoms with Gasteiger partial charge in [0.1, 0.15) is 0 Å². The molecule has 0 aliphatic rings. The molecule has 106 valence electrons. The van der Waals surface area contributed by atoms with Crippen molar-refractivity contribution < 1.29 is 5.11 Å². The molecule has 0 saturated carbocycles. The van der Waals surface area contributed by atoms with Crippen molar-refractivity contribution in [3.63, 3.8) is 0 Å². The van der Waals surface area contributed by atoms with E-state index in [0.29, 0.717) is 13.1 Å². The second kappa shape index (κ2) is 8.77. The average Bonchev–Trinajstić information content (AvgIpc) is 2.41. The van der Waals surface area contributed by atoms with E-state index in [0.717, 1.165) is 23.1 Å². The first-order valence-electron chi connectivity index (χ1n) is 6.53. The Hall–Kier alpha value is -1.26. The summed E-state index contributed by atoms with van der Waals surface area (Å²) < 4.78 is 0. The number of nitrogens with zero attached hydrogens (tertiary/aromatic N) is 1. The molecule has 1 rings (SSSR count). The average molecular weight is 284 g/mol. The molecule has 0 spiro atoms. The summed E-state index contributed by atoms with van der Waals surface area (Å²) in [5.41, 5.74) is 1.07. The van der Waals surface area contributed by atoms with Gasteiger partial charge in [-0.05, 0) is 30.5 Å². The lowest BCUT2D eigenvalue weighted by atomic mass is 10.2. The number of aliphatic hydroxyl groups is 1. The molecule has 0 radical (unpaired) electrons. The molecule has 0 saturated heterocycles. The van der Waals surface area contributed by atoms with E-state index in [-0.39, 0.29) is 12.5 Å². The predicted molar refractivity (Wildman–Crippen MR) is 80.5 cm³/mol. The number of hydrogen-bond donors (Lipinski definition) is 3. The molecule has 4 nitrogen and oxygen atoms in total. The van der Waals surface area contributed by atoms with Gasteiger partial charge in [-0.3, -0.25) is 0 Å². The molecule has 1 aromatic rings. The van der Waals surface area contributed by atoms with Gasteiger partial charge in [-0.15, -0.1) is 0 Å². The normalized spacial score (nSPS) is 13.2. The molecule has 5 heteroatoms. The predicted octanol–water partition coefficient (Wildman–Crippen LogP) is 2.02. The van der Waals surface area contributed by atoms with Gasteiger partial charge in [0.25, 0.3) is 0 Å². The van der Waals surface area contributed by atoms with E-state index in [4.69, 9.17) is 16.7 Å². The summed E-state index contributed by atoms with van der Waals surface area (Å²) in [7, 11) is 0. The second-order valence-electron chi connectivity index (χ2n) is 4.49. The standard InChI is InChI=1S/C14H22ClN3O/c1-3-16-14(17-8-11(2)10-19)18-9-12-5-4-6-13(15)7-12/h4-7,11,19H,3,8-10H2,1-2H3,(H2,16,17,18). The summed E-state index contributed by atoms with van der Waals surface area (Å²) >= 11 is 5.94. The van der Waals surface area contributed by atoms with Crippen LogP contribution in [0.2, 0.25) is 5.02 Å². The van der Waals surface area contributed by atoms with Crippen LogP contribution < -0.4 is 10.6 Å². The molecular formula is C14H22ClN3O. The van der Waals surface area contributed by atoms with Crippen LogP contribution in [0.1, 0.15) is 19.4 Å². The first kappa shape index (κ1) is 15.8. The smallest absolute Gasteiger partial charge is 0.191 e. The van der Waals surface area contributed by atoms with Crippen LogP contribution in [0.15, 0.2) is 29.3 Å². The van der Waals surface area contributed by atoms with Crippen molar-refractivity contribution in [1.82, 2.24) is 10.6 Å². The highest BCUT2D eigenvalue weighted by atomic mass is 35.5. The third-order valence-electron chi connectivity index (χ3n) is 2.58. The Morgan fingerprint density at radius 2 is 2.21 bits per heavy atom. The van der Waals surface area contributed by atoms with Crippen LogP contribution in [-0.2, 0) is 6.54 Å². The van der Waals surface area contributed by atoms with Gasteiger partial charge in [0.15, 0.2) is 5.96 Å². The molecule has 0 fully saturated rings. The summed E-state index contributed by atoms with van der Waals surface area (Å²) in [4.78, 5) is 4.49. The van der Waals surface area contributed by atoms with Crippen molar-refractivity contribution in [1.29, 1.82) is 0 Å². The number of hydrogen-bond acceptors (Lipinski definition) is 2. The first-order valence-corrected chi connectivity index (χ1v) is 6.91. The molecule has 0 amide bonds. The molecule has 19 heavy (non-hydrogen) atoms. The van der Waals surface area contributed by atoms with E-state index in [1.807, 2.05) is 38.1 Å². The topological polar surface area (TPSA) is 56.7 Å². The van der Waals surface area contributed by atoms with E-state index >= 15 is 0 Å². The highest BCUT2D eigenvalue weighted by molar-refractivity contribution is 6.30. The fourth-order valence-corrected chi connectivity index (χ4v) is 1.70. The van der Waals surface area contributed by atoms with Crippen LogP contribution in [0.25, 0.3) is 0 Å². The van der Waals surface area contributed by atoms with E-state index in [2.05, 4.69) is 15.6 Å². The summed E-state index contributed by atoms with van der Waals surface area (Å²) in [5, 5.41) is 16.1. The van der Waals surface area contributed by atoms with Crippen LogP contribution in [0.4, 0.5) is 0 Å². The van der Waals surface area contributed by atoms with E-state index < -0.39 is 0 Å². The number of benzene rings is 1. The maximum atomic E-state index is 9.00. The van der Waals surface area contributed by atoms with Crippen molar-refractivity contribution >= 4 is 17.6 Å². The maximum Gasteiger partial charge on any atom is 0.191 e. The van der Waals surface area contributed by atoms with Crippen LogP contribution in [-0.4, -0.2) is 30.8 Å². The minimum atomic E-state index is 0.167. The van der Waals surface area contributed by atoms with Crippen molar-refractivity contribution in [3.8, 4) is 0 Å². The van der Waals surface area contributed by atoms with Gasteiger partial charge in [0.2, 0.25) is 0 Å². The van der Waals surface area contributed by atoms with Crippen LogP contribution in [0, 0.1) is 5.92 Å². The molecular weight excluding hydrogens is 262 g/mol. The van der Waals surface area contributed by atoms with Gasteiger partial charge in [-0.2, -0.15) is 0 Å². The maximum absolute atomic E-state index is 9.00. The molecule has 0 bridgehead atoms. The molecule has 0 aliphatic carbocycles. The molecule has 1 atom stereocenters. The van der Waals surface area contributed by atoms with Crippen LogP contribution >= 0.6 is 11.6 Å².